The zero-order valence-electron chi connectivity index (χ0n) is 14.1. The standard InChI is InChI=1S/C17H17N3O4S2/c1-10(2)15-14(11-6-4-3-5-7-11)19-17(25-15)20-16(21)12-8-13(24-9-12)26(18,22)23/h3-10H,1-2H3,(H2,18,22,23)(H,19,20,21). The lowest BCUT2D eigenvalue weighted by Crippen LogP contribution is -2.12. The van der Waals surface area contributed by atoms with Crippen LogP contribution in [0.3, 0.4) is 0 Å². The molecule has 0 saturated carbocycles. The Kier molecular flexibility index (Phi) is 4.94. The Hall–Kier alpha value is -2.49. The molecule has 0 bridgehead atoms. The molecule has 1 amide bonds. The number of aromatic nitrogens is 1. The van der Waals surface area contributed by atoms with Crippen molar-refractivity contribution in [2.75, 3.05) is 5.32 Å². The van der Waals surface area contributed by atoms with Gasteiger partial charge >= 0.3 is 0 Å². The number of carbonyl (C=O) groups is 1. The van der Waals surface area contributed by atoms with Crippen LogP contribution in [0, 0.1) is 0 Å². The van der Waals surface area contributed by atoms with Crippen molar-refractivity contribution in [1.82, 2.24) is 4.98 Å². The third kappa shape index (κ3) is 3.85. The molecule has 3 aromatic rings. The summed E-state index contributed by atoms with van der Waals surface area (Å²) in [6, 6.07) is 10.8. The highest BCUT2D eigenvalue weighted by molar-refractivity contribution is 7.89. The maximum atomic E-state index is 12.3. The zero-order chi connectivity index (χ0) is 18.9. The SMILES string of the molecule is CC(C)c1sc(NC(=O)c2coc(S(N)(=O)=O)c2)nc1-c1ccccc1. The van der Waals surface area contributed by atoms with Gasteiger partial charge in [-0.2, -0.15) is 0 Å². The number of anilines is 1. The first-order valence-corrected chi connectivity index (χ1v) is 10.1. The summed E-state index contributed by atoms with van der Waals surface area (Å²) >= 11 is 1.38. The minimum Gasteiger partial charge on any atom is -0.451 e. The van der Waals surface area contributed by atoms with E-state index in [9.17, 15) is 13.2 Å². The first-order valence-electron chi connectivity index (χ1n) is 7.74. The van der Waals surface area contributed by atoms with Gasteiger partial charge in [0.05, 0.1) is 11.3 Å². The van der Waals surface area contributed by atoms with Crippen LogP contribution < -0.4 is 10.5 Å². The Morgan fingerprint density at radius 2 is 1.96 bits per heavy atom. The Balaban J connectivity index is 1.88. The number of nitrogens with zero attached hydrogens (tertiary/aromatic N) is 1. The van der Waals surface area contributed by atoms with E-state index < -0.39 is 21.0 Å². The molecule has 3 N–H and O–H groups in total. The second-order valence-corrected chi connectivity index (χ2v) is 8.43. The minimum atomic E-state index is -4.00. The van der Waals surface area contributed by atoms with Crippen LogP contribution in [0.4, 0.5) is 5.13 Å². The number of primary sulfonamides is 1. The van der Waals surface area contributed by atoms with Crippen LogP contribution in [-0.2, 0) is 10.0 Å². The molecule has 7 nitrogen and oxygen atoms in total. The lowest BCUT2D eigenvalue weighted by Gasteiger charge is -2.04. The number of nitrogens with two attached hydrogens (primary N) is 1. The summed E-state index contributed by atoms with van der Waals surface area (Å²) in [5.74, 6) is -0.288. The largest absolute Gasteiger partial charge is 0.451 e. The van der Waals surface area contributed by atoms with Crippen LogP contribution >= 0.6 is 11.3 Å². The highest BCUT2D eigenvalue weighted by Crippen LogP contribution is 2.36. The number of thiazole rings is 1. The van der Waals surface area contributed by atoms with Crippen molar-refractivity contribution in [2.24, 2.45) is 5.14 Å². The highest BCUT2D eigenvalue weighted by Gasteiger charge is 2.20. The summed E-state index contributed by atoms with van der Waals surface area (Å²) in [5, 5.41) is 7.62. The first-order chi connectivity index (χ1) is 12.3. The van der Waals surface area contributed by atoms with Crippen LogP contribution in [0.25, 0.3) is 11.3 Å². The average molecular weight is 391 g/mol. The van der Waals surface area contributed by atoms with Gasteiger partial charge in [0.25, 0.3) is 15.9 Å². The summed E-state index contributed by atoms with van der Waals surface area (Å²) in [6.07, 6.45) is 1.05. The van der Waals surface area contributed by atoms with Crippen molar-refractivity contribution in [1.29, 1.82) is 0 Å². The van der Waals surface area contributed by atoms with Crippen LogP contribution in [0.2, 0.25) is 0 Å². The molecule has 0 aliphatic rings. The number of sulfonamides is 1. The van der Waals surface area contributed by atoms with E-state index in [2.05, 4.69) is 24.1 Å². The van der Waals surface area contributed by atoms with Crippen molar-refractivity contribution >= 4 is 32.4 Å². The number of nitrogens with one attached hydrogen (secondary N) is 1. The molecule has 0 fully saturated rings. The van der Waals surface area contributed by atoms with Gasteiger partial charge in [0.2, 0.25) is 5.09 Å². The number of rotatable bonds is 5. The molecule has 9 heteroatoms. The highest BCUT2D eigenvalue weighted by atomic mass is 32.2. The summed E-state index contributed by atoms with van der Waals surface area (Å²) in [4.78, 5) is 17.9. The Bertz CT molecular complexity index is 1040. The van der Waals surface area contributed by atoms with Gasteiger partial charge in [0, 0.05) is 16.5 Å². The molecule has 0 aliphatic carbocycles. The topological polar surface area (TPSA) is 115 Å². The number of carbonyl (C=O) groups excluding carboxylic acids is 1. The number of furan rings is 1. The van der Waals surface area contributed by atoms with Gasteiger partial charge in [-0.3, -0.25) is 10.1 Å². The van der Waals surface area contributed by atoms with Gasteiger partial charge in [-0.25, -0.2) is 18.5 Å². The predicted octanol–water partition coefficient (Wildman–Crippen LogP) is 3.43. The van der Waals surface area contributed by atoms with E-state index in [4.69, 9.17) is 9.56 Å². The van der Waals surface area contributed by atoms with E-state index >= 15 is 0 Å². The van der Waals surface area contributed by atoms with Gasteiger partial charge in [-0.1, -0.05) is 44.2 Å². The third-order valence-electron chi connectivity index (χ3n) is 3.56. The molecule has 0 aliphatic heterocycles. The Labute approximate surface area is 154 Å². The Morgan fingerprint density at radius 3 is 2.54 bits per heavy atom. The van der Waals surface area contributed by atoms with Gasteiger partial charge in [-0.05, 0) is 5.92 Å². The van der Waals surface area contributed by atoms with E-state index in [1.165, 1.54) is 11.3 Å². The molecule has 3 rings (SSSR count). The van der Waals surface area contributed by atoms with E-state index in [1.54, 1.807) is 0 Å². The summed E-state index contributed by atoms with van der Waals surface area (Å²) in [6.45, 7) is 4.11. The maximum absolute atomic E-state index is 12.3. The fraction of sp³-hybridized carbons (Fsp3) is 0.176. The smallest absolute Gasteiger partial charge is 0.271 e. The molecular weight excluding hydrogens is 374 g/mol. The molecule has 0 radical (unpaired) electrons. The molecule has 0 saturated heterocycles. The van der Waals surface area contributed by atoms with Gasteiger partial charge < -0.3 is 4.42 Å². The zero-order valence-corrected chi connectivity index (χ0v) is 15.7. The molecule has 1 aromatic carbocycles. The second-order valence-electron chi connectivity index (χ2n) is 5.91. The van der Waals surface area contributed by atoms with Crippen LogP contribution in [0.15, 0.2) is 52.2 Å². The number of hydrogen-bond donors (Lipinski definition) is 2. The molecule has 2 aromatic heterocycles. The fourth-order valence-electron chi connectivity index (χ4n) is 2.33. The van der Waals surface area contributed by atoms with Crippen molar-refractivity contribution in [2.45, 2.75) is 24.9 Å². The molecular formula is C17H17N3O4S2. The molecule has 26 heavy (non-hydrogen) atoms. The number of amides is 1. The van der Waals surface area contributed by atoms with E-state index in [0.29, 0.717) is 5.13 Å². The van der Waals surface area contributed by atoms with Gasteiger partial charge in [0.15, 0.2) is 5.13 Å². The van der Waals surface area contributed by atoms with E-state index in [1.807, 2.05) is 30.3 Å². The van der Waals surface area contributed by atoms with Crippen molar-refractivity contribution in [3.05, 3.63) is 53.1 Å². The molecule has 0 spiro atoms. The monoisotopic (exact) mass is 391 g/mol. The van der Waals surface area contributed by atoms with Gasteiger partial charge in [-0.15, -0.1) is 11.3 Å². The third-order valence-corrected chi connectivity index (χ3v) is 5.61. The number of hydrogen-bond acceptors (Lipinski definition) is 6. The van der Waals surface area contributed by atoms with Crippen molar-refractivity contribution in [3.8, 4) is 11.3 Å². The summed E-state index contributed by atoms with van der Waals surface area (Å²) in [5.41, 5.74) is 1.84. The summed E-state index contributed by atoms with van der Waals surface area (Å²) in [7, 11) is -4.00. The lowest BCUT2D eigenvalue weighted by molar-refractivity contribution is 0.102. The minimum absolute atomic E-state index is 0.0524. The van der Waals surface area contributed by atoms with Crippen LogP contribution in [-0.4, -0.2) is 19.3 Å². The average Bonchev–Trinajstić information content (AvgIpc) is 3.22. The fourth-order valence-corrected chi connectivity index (χ4v) is 3.79. The Morgan fingerprint density at radius 1 is 1.27 bits per heavy atom. The first kappa shape index (κ1) is 18.3. The normalized spacial score (nSPS) is 11.7. The van der Waals surface area contributed by atoms with Crippen LogP contribution in [0.5, 0.6) is 0 Å². The van der Waals surface area contributed by atoms with Crippen LogP contribution in [0.1, 0.15) is 35.0 Å². The maximum Gasteiger partial charge on any atom is 0.271 e. The van der Waals surface area contributed by atoms with Gasteiger partial charge in [0.1, 0.15) is 6.26 Å². The molecule has 2 heterocycles. The molecule has 0 unspecified atom stereocenters. The van der Waals surface area contributed by atoms with Crippen molar-refractivity contribution < 1.29 is 17.6 Å². The molecule has 136 valence electrons. The number of benzene rings is 1. The predicted molar refractivity (Wildman–Crippen MR) is 99.7 cm³/mol. The van der Waals surface area contributed by atoms with E-state index in [-0.39, 0.29) is 11.5 Å². The van der Waals surface area contributed by atoms with Crippen molar-refractivity contribution in [3.63, 3.8) is 0 Å². The summed E-state index contributed by atoms with van der Waals surface area (Å²) < 4.78 is 27.3. The lowest BCUT2D eigenvalue weighted by atomic mass is 10.1. The second kappa shape index (κ2) is 7.02. The van der Waals surface area contributed by atoms with E-state index in [0.717, 1.165) is 28.5 Å². The molecule has 0 atom stereocenters. The quantitative estimate of drug-likeness (QED) is 0.691.